The van der Waals surface area contributed by atoms with Crippen molar-refractivity contribution in [3.05, 3.63) is 0 Å². The summed E-state index contributed by atoms with van der Waals surface area (Å²) in [6, 6.07) is 0.301. The van der Waals surface area contributed by atoms with Crippen molar-refractivity contribution in [3.8, 4) is 0 Å². The van der Waals surface area contributed by atoms with Crippen molar-refractivity contribution in [1.29, 1.82) is 0 Å². The van der Waals surface area contributed by atoms with Crippen LogP contribution in [-0.4, -0.2) is 26.2 Å². The molecule has 3 heteroatoms. The van der Waals surface area contributed by atoms with Gasteiger partial charge in [-0.3, -0.25) is 4.79 Å². The van der Waals surface area contributed by atoms with Gasteiger partial charge in [0, 0.05) is 6.04 Å². The molecule has 0 heterocycles. The Bertz CT molecular complexity index is 71.5. The smallest absolute Gasteiger partial charge is 0.293 e. The molecule has 9 heavy (non-hydrogen) atoms. The Morgan fingerprint density at radius 3 is 2.78 bits per heavy atom. The highest BCUT2D eigenvalue weighted by molar-refractivity contribution is 5.36. The monoisotopic (exact) mass is 131 g/mol. The lowest BCUT2D eigenvalue weighted by Gasteiger charge is -2.10. The van der Waals surface area contributed by atoms with Crippen LogP contribution in [0.1, 0.15) is 13.3 Å². The fourth-order valence-corrected chi connectivity index (χ4v) is 0.561. The predicted octanol–water partition coefficient (Wildman–Crippen LogP) is 0.157. The van der Waals surface area contributed by atoms with E-state index in [4.69, 9.17) is 0 Å². The van der Waals surface area contributed by atoms with Crippen LogP contribution in [0.2, 0.25) is 0 Å². The lowest BCUT2D eigenvalue weighted by molar-refractivity contribution is -0.129. The molecular formula is C6H13NO2. The summed E-state index contributed by atoms with van der Waals surface area (Å²) in [6.45, 7) is 2.98. The second-order valence-electron chi connectivity index (χ2n) is 1.82. The first kappa shape index (κ1) is 8.43. The van der Waals surface area contributed by atoms with E-state index in [2.05, 4.69) is 10.1 Å². The largest absolute Gasteiger partial charge is 0.466 e. The lowest BCUT2D eigenvalue weighted by atomic mass is 10.2. The Morgan fingerprint density at radius 1 is 1.78 bits per heavy atom. The molecule has 0 bridgehead atoms. The molecule has 3 nitrogen and oxygen atoms in total. The zero-order chi connectivity index (χ0) is 7.11. The lowest BCUT2D eigenvalue weighted by Crippen LogP contribution is -2.29. The Balaban J connectivity index is 3.19. The van der Waals surface area contributed by atoms with Gasteiger partial charge < -0.3 is 10.1 Å². The Labute approximate surface area is 55.4 Å². The second kappa shape index (κ2) is 5.56. The third-order valence-electron chi connectivity index (χ3n) is 1.27. The van der Waals surface area contributed by atoms with Gasteiger partial charge in [0.2, 0.25) is 0 Å². The summed E-state index contributed by atoms with van der Waals surface area (Å²) >= 11 is 0. The van der Waals surface area contributed by atoms with E-state index in [0.717, 1.165) is 6.42 Å². The van der Waals surface area contributed by atoms with Gasteiger partial charge in [0.05, 0.1) is 0 Å². The molecule has 0 saturated heterocycles. The van der Waals surface area contributed by atoms with Crippen LogP contribution in [0.3, 0.4) is 0 Å². The molecule has 0 aliphatic rings. The minimum atomic E-state index is 0.301. The SMILES string of the molecule is CC[C@H](COC=O)NC. The Morgan fingerprint density at radius 2 is 2.44 bits per heavy atom. The third kappa shape index (κ3) is 3.97. The van der Waals surface area contributed by atoms with Gasteiger partial charge in [0.1, 0.15) is 6.61 Å². The molecule has 0 rings (SSSR count). The van der Waals surface area contributed by atoms with Crippen molar-refractivity contribution < 1.29 is 9.53 Å². The first-order chi connectivity index (χ1) is 4.35. The number of hydrogen-bond acceptors (Lipinski definition) is 3. The van der Waals surface area contributed by atoms with Crippen LogP contribution in [0.4, 0.5) is 0 Å². The van der Waals surface area contributed by atoms with Crippen molar-refractivity contribution in [3.63, 3.8) is 0 Å². The maximum Gasteiger partial charge on any atom is 0.293 e. The average Bonchev–Trinajstić information content (AvgIpc) is 1.91. The average molecular weight is 131 g/mol. The second-order valence-corrected chi connectivity index (χ2v) is 1.82. The molecule has 1 N–H and O–H groups in total. The van der Waals surface area contributed by atoms with Crippen molar-refractivity contribution in [2.24, 2.45) is 0 Å². The molecule has 0 fully saturated rings. The zero-order valence-electron chi connectivity index (χ0n) is 5.89. The first-order valence-corrected chi connectivity index (χ1v) is 3.07. The summed E-state index contributed by atoms with van der Waals surface area (Å²) in [5.74, 6) is 0. The summed E-state index contributed by atoms with van der Waals surface area (Å²) in [5.41, 5.74) is 0. The molecule has 0 aromatic heterocycles. The van der Waals surface area contributed by atoms with Crippen LogP contribution in [0.5, 0.6) is 0 Å². The van der Waals surface area contributed by atoms with Gasteiger partial charge in [0.25, 0.3) is 6.47 Å². The number of carbonyl (C=O) groups is 1. The van der Waals surface area contributed by atoms with E-state index in [1.807, 2.05) is 14.0 Å². The van der Waals surface area contributed by atoms with E-state index in [-0.39, 0.29) is 0 Å². The maximum absolute atomic E-state index is 9.69. The van der Waals surface area contributed by atoms with Crippen molar-refractivity contribution in [2.45, 2.75) is 19.4 Å². The number of hydrogen-bond donors (Lipinski definition) is 1. The molecule has 0 aliphatic carbocycles. The van der Waals surface area contributed by atoms with E-state index in [1.165, 1.54) is 0 Å². The molecule has 0 unspecified atom stereocenters. The summed E-state index contributed by atoms with van der Waals surface area (Å²) in [4.78, 5) is 9.69. The molecule has 0 amide bonds. The van der Waals surface area contributed by atoms with Gasteiger partial charge in [-0.2, -0.15) is 0 Å². The fourth-order valence-electron chi connectivity index (χ4n) is 0.561. The zero-order valence-corrected chi connectivity index (χ0v) is 5.89. The highest BCUT2D eigenvalue weighted by atomic mass is 16.5. The van der Waals surface area contributed by atoms with E-state index in [0.29, 0.717) is 19.1 Å². The van der Waals surface area contributed by atoms with Crippen LogP contribution in [0, 0.1) is 0 Å². The van der Waals surface area contributed by atoms with Crippen LogP contribution < -0.4 is 5.32 Å². The van der Waals surface area contributed by atoms with Crippen LogP contribution in [0.25, 0.3) is 0 Å². The van der Waals surface area contributed by atoms with E-state index in [1.54, 1.807) is 0 Å². The molecule has 1 atom stereocenters. The van der Waals surface area contributed by atoms with Gasteiger partial charge in [-0.25, -0.2) is 0 Å². The van der Waals surface area contributed by atoms with Crippen molar-refractivity contribution >= 4 is 6.47 Å². The molecule has 0 aliphatic heterocycles. The van der Waals surface area contributed by atoms with Gasteiger partial charge >= 0.3 is 0 Å². The summed E-state index contributed by atoms with van der Waals surface area (Å²) in [6.07, 6.45) is 0.977. The topological polar surface area (TPSA) is 38.3 Å². The molecule has 0 spiro atoms. The van der Waals surface area contributed by atoms with E-state index in [9.17, 15) is 4.79 Å². The molecule has 54 valence electrons. The fraction of sp³-hybridized carbons (Fsp3) is 0.833. The molecule has 0 aromatic carbocycles. The Kier molecular flexibility index (Phi) is 5.21. The van der Waals surface area contributed by atoms with Crippen LogP contribution >= 0.6 is 0 Å². The number of likely N-dealkylation sites (N-methyl/N-ethyl adjacent to an activating group) is 1. The first-order valence-electron chi connectivity index (χ1n) is 3.07. The predicted molar refractivity (Wildman–Crippen MR) is 35.2 cm³/mol. The molecular weight excluding hydrogens is 118 g/mol. The Hall–Kier alpha value is -0.570. The van der Waals surface area contributed by atoms with Gasteiger partial charge in [0.15, 0.2) is 0 Å². The molecule has 0 saturated carbocycles. The quantitative estimate of drug-likeness (QED) is 0.540. The summed E-state index contributed by atoms with van der Waals surface area (Å²) in [7, 11) is 1.85. The highest BCUT2D eigenvalue weighted by Crippen LogP contribution is 1.88. The number of ether oxygens (including phenoxy) is 1. The van der Waals surface area contributed by atoms with Crippen LogP contribution in [-0.2, 0) is 9.53 Å². The number of carbonyl (C=O) groups excluding carboxylic acids is 1. The molecule has 0 radical (unpaired) electrons. The minimum Gasteiger partial charge on any atom is -0.466 e. The number of rotatable bonds is 5. The van der Waals surface area contributed by atoms with Crippen molar-refractivity contribution in [1.82, 2.24) is 5.32 Å². The van der Waals surface area contributed by atoms with Gasteiger partial charge in [-0.15, -0.1) is 0 Å². The van der Waals surface area contributed by atoms with E-state index >= 15 is 0 Å². The van der Waals surface area contributed by atoms with Crippen LogP contribution in [0.15, 0.2) is 0 Å². The van der Waals surface area contributed by atoms with E-state index < -0.39 is 0 Å². The maximum atomic E-state index is 9.69. The standard InChI is InChI=1S/C6H13NO2/c1-3-6(7-2)4-9-5-8/h5-7H,3-4H2,1-2H3/t6-/m1/s1. The highest BCUT2D eigenvalue weighted by Gasteiger charge is 2.00. The third-order valence-corrected chi connectivity index (χ3v) is 1.27. The number of nitrogens with one attached hydrogen (secondary N) is 1. The van der Waals surface area contributed by atoms with Gasteiger partial charge in [-0.1, -0.05) is 6.92 Å². The summed E-state index contributed by atoms with van der Waals surface area (Å²) < 4.78 is 4.53. The van der Waals surface area contributed by atoms with Gasteiger partial charge in [-0.05, 0) is 13.5 Å². The molecule has 0 aromatic rings. The summed E-state index contributed by atoms with van der Waals surface area (Å²) in [5, 5.41) is 3.00. The van der Waals surface area contributed by atoms with Crippen molar-refractivity contribution in [2.75, 3.05) is 13.7 Å². The minimum absolute atomic E-state index is 0.301. The normalized spacial score (nSPS) is 12.7.